The Morgan fingerprint density at radius 3 is 2.26 bits per heavy atom. The minimum atomic E-state index is 0.0809. The van der Waals surface area contributed by atoms with Gasteiger partial charge in [-0.2, -0.15) is 4.57 Å². The predicted molar refractivity (Wildman–Crippen MR) is 144 cm³/mol. The first-order valence-corrected chi connectivity index (χ1v) is 13.5. The molecule has 1 atom stereocenters. The average molecular weight is 453 g/mol. The van der Waals surface area contributed by atoms with Crippen LogP contribution in [0.15, 0.2) is 60.8 Å². The second-order valence-corrected chi connectivity index (χ2v) is 12.1. The first kappa shape index (κ1) is 23.3. The van der Waals surface area contributed by atoms with Crippen LogP contribution in [0, 0.1) is 0 Å². The van der Waals surface area contributed by atoms with E-state index in [9.17, 15) is 0 Å². The number of hydrogen-bond acceptors (Lipinski definition) is 0. The molecule has 2 aliphatic carbocycles. The molecule has 2 aliphatic rings. The number of aryl methyl sites for hydroxylation is 1. The van der Waals surface area contributed by atoms with Crippen molar-refractivity contribution in [3.63, 3.8) is 0 Å². The molecule has 1 aromatic heterocycles. The lowest BCUT2D eigenvalue weighted by Crippen LogP contribution is -2.55. The summed E-state index contributed by atoms with van der Waals surface area (Å²) >= 11 is 0. The van der Waals surface area contributed by atoms with Crippen LogP contribution >= 0.6 is 0 Å². The zero-order valence-corrected chi connectivity index (χ0v) is 22.2. The van der Waals surface area contributed by atoms with E-state index in [1.165, 1.54) is 54.5 Å². The van der Waals surface area contributed by atoms with Crippen LogP contribution in [0.5, 0.6) is 0 Å². The van der Waals surface area contributed by atoms with E-state index < -0.39 is 0 Å². The van der Waals surface area contributed by atoms with Crippen molar-refractivity contribution in [1.82, 2.24) is 0 Å². The average Bonchev–Trinajstić information content (AvgIpc) is 3.00. The predicted octanol–water partition coefficient (Wildman–Crippen LogP) is 8.51. The van der Waals surface area contributed by atoms with E-state index in [2.05, 4.69) is 107 Å². The third-order valence-electron chi connectivity index (χ3n) is 9.54. The SMILES string of the molecule is CCC(C)(CC)[n+]1cc(-c2ccccc2)ccc1-c1cc2c3cc1CCCC3(C)CCC2(C)C. The smallest absolute Gasteiger partial charge is 0.193 e. The van der Waals surface area contributed by atoms with E-state index in [-0.39, 0.29) is 11.0 Å². The lowest BCUT2D eigenvalue weighted by molar-refractivity contribution is -0.752. The van der Waals surface area contributed by atoms with Crippen LogP contribution in [0.1, 0.15) is 96.8 Å². The Kier molecular flexibility index (Phi) is 5.74. The van der Waals surface area contributed by atoms with Crippen molar-refractivity contribution >= 4 is 0 Å². The molecule has 0 N–H and O–H groups in total. The fourth-order valence-electron chi connectivity index (χ4n) is 6.49. The number of hydrogen-bond donors (Lipinski definition) is 0. The quantitative estimate of drug-likeness (QED) is 0.342. The van der Waals surface area contributed by atoms with Gasteiger partial charge in [-0.15, -0.1) is 0 Å². The van der Waals surface area contributed by atoms with Gasteiger partial charge in [0.05, 0.1) is 0 Å². The third kappa shape index (κ3) is 3.72. The monoisotopic (exact) mass is 452 g/mol. The summed E-state index contributed by atoms with van der Waals surface area (Å²) in [6.07, 6.45) is 11.1. The summed E-state index contributed by atoms with van der Waals surface area (Å²) in [7, 11) is 0. The molecule has 0 amide bonds. The van der Waals surface area contributed by atoms with Crippen LogP contribution in [0.25, 0.3) is 22.4 Å². The molecule has 1 heteroatoms. The number of fused-ring (bicyclic) bond motifs is 1. The summed E-state index contributed by atoms with van der Waals surface area (Å²) in [5.41, 5.74) is 10.9. The molecule has 0 radical (unpaired) electrons. The zero-order chi connectivity index (χ0) is 24.1. The molecule has 1 heterocycles. The second kappa shape index (κ2) is 8.36. The highest BCUT2D eigenvalue weighted by Gasteiger charge is 2.42. The van der Waals surface area contributed by atoms with Crippen molar-refractivity contribution < 1.29 is 4.57 Å². The first-order chi connectivity index (χ1) is 16.2. The summed E-state index contributed by atoms with van der Waals surface area (Å²) in [5, 5.41) is 0. The Balaban J connectivity index is 1.77. The van der Waals surface area contributed by atoms with Crippen LogP contribution < -0.4 is 4.57 Å². The number of nitrogens with zero attached hydrogens (tertiary/aromatic N) is 1. The van der Waals surface area contributed by atoms with Gasteiger partial charge in [0.25, 0.3) is 0 Å². The van der Waals surface area contributed by atoms with Gasteiger partial charge < -0.3 is 0 Å². The molecule has 178 valence electrons. The topological polar surface area (TPSA) is 3.88 Å². The van der Waals surface area contributed by atoms with Crippen LogP contribution in [-0.2, 0) is 22.8 Å². The molecule has 5 rings (SSSR count). The minimum absolute atomic E-state index is 0.0809. The molecule has 0 aliphatic heterocycles. The van der Waals surface area contributed by atoms with Gasteiger partial charge in [-0.3, -0.25) is 0 Å². The van der Waals surface area contributed by atoms with E-state index in [4.69, 9.17) is 0 Å². The third-order valence-corrected chi connectivity index (χ3v) is 9.54. The molecular formula is C33H42N+. The first-order valence-electron chi connectivity index (χ1n) is 13.5. The van der Waals surface area contributed by atoms with Crippen molar-refractivity contribution in [2.24, 2.45) is 0 Å². The van der Waals surface area contributed by atoms with Crippen molar-refractivity contribution in [3.8, 4) is 22.4 Å². The molecule has 0 saturated heterocycles. The van der Waals surface area contributed by atoms with Crippen LogP contribution in [0.4, 0.5) is 0 Å². The van der Waals surface area contributed by atoms with E-state index in [0.29, 0.717) is 5.41 Å². The molecule has 1 nitrogen and oxygen atoms in total. The van der Waals surface area contributed by atoms with Crippen molar-refractivity contribution in [2.45, 2.75) is 103 Å². The number of rotatable bonds is 5. The Morgan fingerprint density at radius 1 is 0.824 bits per heavy atom. The lowest BCUT2D eigenvalue weighted by atomic mass is 9.61. The number of pyridine rings is 1. The minimum Gasteiger partial charge on any atom is -0.193 e. The van der Waals surface area contributed by atoms with Gasteiger partial charge in [0, 0.05) is 37.0 Å². The maximum absolute atomic E-state index is 2.62. The van der Waals surface area contributed by atoms with Gasteiger partial charge >= 0.3 is 0 Å². The van der Waals surface area contributed by atoms with Gasteiger partial charge in [0.1, 0.15) is 0 Å². The van der Waals surface area contributed by atoms with Crippen LogP contribution in [-0.4, -0.2) is 0 Å². The van der Waals surface area contributed by atoms with Gasteiger partial charge in [-0.1, -0.05) is 71.0 Å². The molecule has 2 bridgehead atoms. The highest BCUT2D eigenvalue weighted by molar-refractivity contribution is 5.69. The summed E-state index contributed by atoms with van der Waals surface area (Å²) in [4.78, 5) is 0. The molecule has 0 spiro atoms. The van der Waals surface area contributed by atoms with Crippen molar-refractivity contribution in [3.05, 3.63) is 77.5 Å². The summed E-state index contributed by atoms with van der Waals surface area (Å²) in [6.45, 7) is 14.6. The molecule has 2 aromatic carbocycles. The lowest BCUT2D eigenvalue weighted by Gasteiger charge is -2.43. The van der Waals surface area contributed by atoms with Crippen LogP contribution in [0.3, 0.4) is 0 Å². The Morgan fingerprint density at radius 2 is 1.56 bits per heavy atom. The van der Waals surface area contributed by atoms with Gasteiger partial charge in [-0.05, 0) is 77.3 Å². The molecule has 0 fully saturated rings. The number of aromatic nitrogens is 1. The maximum Gasteiger partial charge on any atom is 0.213 e. The standard InChI is InChI=1S/C33H42N/c1-7-33(6,8-2)34-23-26(24-13-10-9-11-14-24)16-17-30(34)27-22-28-29-21-25(27)15-12-18-32(29,5)20-19-31(28,3)4/h9-11,13-14,16-17,21-23H,7-8,12,15,18-20H2,1-6H3/q+1. The van der Waals surface area contributed by atoms with E-state index in [1.807, 2.05) is 0 Å². The Hall–Kier alpha value is -2.41. The summed E-state index contributed by atoms with van der Waals surface area (Å²) < 4.78 is 2.62. The van der Waals surface area contributed by atoms with Gasteiger partial charge in [0.2, 0.25) is 5.69 Å². The van der Waals surface area contributed by atoms with Crippen molar-refractivity contribution in [2.75, 3.05) is 0 Å². The largest absolute Gasteiger partial charge is 0.213 e. The van der Waals surface area contributed by atoms with Gasteiger partial charge in [0.15, 0.2) is 11.7 Å². The number of benzene rings is 2. The summed E-state index contributed by atoms with van der Waals surface area (Å²) in [5.74, 6) is 0. The zero-order valence-electron chi connectivity index (χ0n) is 22.2. The molecule has 1 unspecified atom stereocenters. The molecule has 3 aromatic rings. The highest BCUT2D eigenvalue weighted by atomic mass is 15.0. The van der Waals surface area contributed by atoms with Crippen LogP contribution in [0.2, 0.25) is 0 Å². The van der Waals surface area contributed by atoms with Crippen molar-refractivity contribution in [1.29, 1.82) is 0 Å². The Labute approximate surface area is 207 Å². The second-order valence-electron chi connectivity index (χ2n) is 12.1. The fourth-order valence-corrected chi connectivity index (χ4v) is 6.49. The molecule has 34 heavy (non-hydrogen) atoms. The maximum atomic E-state index is 2.62. The fraction of sp³-hybridized carbons (Fsp3) is 0.485. The van der Waals surface area contributed by atoms with E-state index in [0.717, 1.165) is 12.8 Å². The highest BCUT2D eigenvalue weighted by Crippen LogP contribution is 2.51. The molecular weight excluding hydrogens is 410 g/mol. The van der Waals surface area contributed by atoms with E-state index >= 15 is 0 Å². The summed E-state index contributed by atoms with van der Waals surface area (Å²) in [6, 6.07) is 20.8. The van der Waals surface area contributed by atoms with Gasteiger partial charge in [-0.25, -0.2) is 0 Å². The molecule has 0 saturated carbocycles. The van der Waals surface area contributed by atoms with E-state index in [1.54, 1.807) is 16.7 Å². The normalized spacial score (nSPS) is 21.2. The Bertz CT molecular complexity index is 1200.